The van der Waals surface area contributed by atoms with Gasteiger partial charge in [-0.2, -0.15) is 0 Å². The number of para-hydroxylation sites is 1. The molecule has 0 saturated carbocycles. The average Bonchev–Trinajstić information content (AvgIpc) is 2.54. The SMILES string of the molecule is O=C(O)CN(CC(=O)O)C(=O)c1cccc(Oc2ccccc2)c1. The first-order valence-corrected chi connectivity index (χ1v) is 7.01. The Morgan fingerprint density at radius 1 is 0.833 bits per heavy atom. The van der Waals surface area contributed by atoms with Crippen molar-refractivity contribution in [1.29, 1.82) is 0 Å². The maximum atomic E-state index is 12.4. The van der Waals surface area contributed by atoms with E-state index in [0.717, 1.165) is 4.90 Å². The maximum Gasteiger partial charge on any atom is 0.323 e. The van der Waals surface area contributed by atoms with Crippen LogP contribution in [0.1, 0.15) is 10.4 Å². The molecule has 0 aliphatic rings. The molecule has 0 heterocycles. The maximum absolute atomic E-state index is 12.4. The van der Waals surface area contributed by atoms with Gasteiger partial charge in [-0.1, -0.05) is 24.3 Å². The Balaban J connectivity index is 2.20. The number of carboxylic acids is 2. The molecule has 1 amide bonds. The van der Waals surface area contributed by atoms with E-state index in [1.54, 1.807) is 36.4 Å². The highest BCUT2D eigenvalue weighted by molar-refractivity contribution is 5.97. The highest BCUT2D eigenvalue weighted by Crippen LogP contribution is 2.22. The second kappa shape index (κ2) is 7.77. The molecular formula is C17H15NO6. The van der Waals surface area contributed by atoms with Crippen LogP contribution in [0.5, 0.6) is 11.5 Å². The van der Waals surface area contributed by atoms with Crippen LogP contribution in [0.25, 0.3) is 0 Å². The van der Waals surface area contributed by atoms with E-state index < -0.39 is 30.9 Å². The topological polar surface area (TPSA) is 104 Å². The highest BCUT2D eigenvalue weighted by atomic mass is 16.5. The molecule has 7 nitrogen and oxygen atoms in total. The Hall–Kier alpha value is -3.35. The number of ether oxygens (including phenoxy) is 1. The molecule has 2 N–H and O–H groups in total. The summed E-state index contributed by atoms with van der Waals surface area (Å²) in [5.41, 5.74) is 0.144. The lowest BCUT2D eigenvalue weighted by Gasteiger charge is -2.18. The van der Waals surface area contributed by atoms with Crippen LogP contribution in [0.15, 0.2) is 54.6 Å². The fourth-order valence-corrected chi connectivity index (χ4v) is 2.03. The summed E-state index contributed by atoms with van der Waals surface area (Å²) in [6.07, 6.45) is 0. The fraction of sp³-hybridized carbons (Fsp3) is 0.118. The first-order chi connectivity index (χ1) is 11.5. The highest BCUT2D eigenvalue weighted by Gasteiger charge is 2.21. The molecule has 0 aliphatic heterocycles. The zero-order valence-corrected chi connectivity index (χ0v) is 12.6. The van der Waals surface area contributed by atoms with Crippen molar-refractivity contribution in [2.75, 3.05) is 13.1 Å². The standard InChI is InChI=1S/C17H15NO6/c19-15(20)10-18(11-16(21)22)17(23)12-5-4-8-14(9-12)24-13-6-2-1-3-7-13/h1-9H,10-11H2,(H,19,20)(H,21,22). The number of carbonyl (C=O) groups excluding carboxylic acids is 1. The lowest BCUT2D eigenvalue weighted by Crippen LogP contribution is -2.39. The molecule has 2 aromatic carbocycles. The van der Waals surface area contributed by atoms with Crippen LogP contribution >= 0.6 is 0 Å². The van der Waals surface area contributed by atoms with Crippen molar-refractivity contribution >= 4 is 17.8 Å². The van der Waals surface area contributed by atoms with Gasteiger partial charge in [0.1, 0.15) is 24.6 Å². The summed E-state index contributed by atoms with van der Waals surface area (Å²) < 4.78 is 5.61. The molecule has 0 atom stereocenters. The van der Waals surface area contributed by atoms with Gasteiger partial charge in [-0.15, -0.1) is 0 Å². The quantitative estimate of drug-likeness (QED) is 0.806. The van der Waals surface area contributed by atoms with E-state index in [1.165, 1.54) is 12.1 Å². The van der Waals surface area contributed by atoms with E-state index in [9.17, 15) is 14.4 Å². The number of carbonyl (C=O) groups is 3. The number of amides is 1. The van der Waals surface area contributed by atoms with Gasteiger partial charge < -0.3 is 19.8 Å². The molecule has 7 heteroatoms. The summed E-state index contributed by atoms with van der Waals surface area (Å²) in [7, 11) is 0. The summed E-state index contributed by atoms with van der Waals surface area (Å²) in [6, 6.07) is 15.0. The zero-order valence-electron chi connectivity index (χ0n) is 12.6. The molecule has 24 heavy (non-hydrogen) atoms. The Morgan fingerprint density at radius 2 is 1.42 bits per heavy atom. The van der Waals surface area contributed by atoms with Crippen LogP contribution < -0.4 is 4.74 Å². The molecule has 0 aromatic heterocycles. The van der Waals surface area contributed by atoms with E-state index in [4.69, 9.17) is 14.9 Å². The minimum absolute atomic E-state index is 0.144. The van der Waals surface area contributed by atoms with Crippen LogP contribution in [-0.4, -0.2) is 46.0 Å². The summed E-state index contributed by atoms with van der Waals surface area (Å²) in [5, 5.41) is 17.7. The summed E-state index contributed by atoms with van der Waals surface area (Å²) in [4.78, 5) is 34.8. The van der Waals surface area contributed by atoms with Gasteiger partial charge in [-0.05, 0) is 30.3 Å². The van der Waals surface area contributed by atoms with Crippen molar-refractivity contribution in [3.63, 3.8) is 0 Å². The third-order valence-corrected chi connectivity index (χ3v) is 3.00. The molecule has 0 saturated heterocycles. The molecule has 0 radical (unpaired) electrons. The Labute approximate surface area is 137 Å². The summed E-state index contributed by atoms with van der Waals surface area (Å²) in [6.45, 7) is -1.40. The van der Waals surface area contributed by atoms with Crippen molar-refractivity contribution in [2.24, 2.45) is 0 Å². The molecule has 0 fully saturated rings. The second-order valence-electron chi connectivity index (χ2n) is 4.89. The number of hydrogen-bond donors (Lipinski definition) is 2. The van der Waals surface area contributed by atoms with E-state index >= 15 is 0 Å². The number of hydrogen-bond acceptors (Lipinski definition) is 4. The predicted octanol–water partition coefficient (Wildman–Crippen LogP) is 2.09. The molecular weight excluding hydrogens is 314 g/mol. The van der Waals surface area contributed by atoms with E-state index in [2.05, 4.69) is 0 Å². The second-order valence-corrected chi connectivity index (χ2v) is 4.89. The van der Waals surface area contributed by atoms with Crippen LogP contribution in [-0.2, 0) is 9.59 Å². The largest absolute Gasteiger partial charge is 0.480 e. The van der Waals surface area contributed by atoms with E-state index in [1.807, 2.05) is 6.07 Å². The molecule has 2 rings (SSSR count). The molecule has 0 spiro atoms. The third kappa shape index (κ3) is 4.84. The normalized spacial score (nSPS) is 10.0. The van der Waals surface area contributed by atoms with Gasteiger partial charge in [0.05, 0.1) is 0 Å². The van der Waals surface area contributed by atoms with Gasteiger partial charge in [0.2, 0.25) is 0 Å². The van der Waals surface area contributed by atoms with E-state index in [0.29, 0.717) is 11.5 Å². The third-order valence-electron chi connectivity index (χ3n) is 3.00. The van der Waals surface area contributed by atoms with Gasteiger partial charge in [0.25, 0.3) is 5.91 Å². The number of carboxylic acid groups (broad SMARTS) is 2. The van der Waals surface area contributed by atoms with E-state index in [-0.39, 0.29) is 5.56 Å². The van der Waals surface area contributed by atoms with Gasteiger partial charge in [-0.3, -0.25) is 14.4 Å². The molecule has 0 aliphatic carbocycles. The number of nitrogens with zero attached hydrogens (tertiary/aromatic N) is 1. The number of rotatable bonds is 7. The lowest BCUT2D eigenvalue weighted by molar-refractivity contribution is -0.140. The monoisotopic (exact) mass is 329 g/mol. The molecule has 0 unspecified atom stereocenters. The van der Waals surface area contributed by atoms with Crippen molar-refractivity contribution in [3.05, 3.63) is 60.2 Å². The van der Waals surface area contributed by atoms with Gasteiger partial charge in [0.15, 0.2) is 0 Å². The number of aliphatic carboxylic acids is 2. The Morgan fingerprint density at radius 3 is 2.00 bits per heavy atom. The smallest absolute Gasteiger partial charge is 0.323 e. The first kappa shape index (κ1) is 17.0. The minimum atomic E-state index is -1.29. The van der Waals surface area contributed by atoms with Crippen molar-refractivity contribution in [1.82, 2.24) is 4.90 Å². The van der Waals surface area contributed by atoms with Gasteiger partial charge in [0, 0.05) is 5.56 Å². The Bertz CT molecular complexity index is 728. The predicted molar refractivity (Wildman–Crippen MR) is 84.1 cm³/mol. The number of benzene rings is 2. The van der Waals surface area contributed by atoms with Crippen LogP contribution in [0.2, 0.25) is 0 Å². The molecule has 124 valence electrons. The van der Waals surface area contributed by atoms with Crippen LogP contribution in [0.3, 0.4) is 0 Å². The Kier molecular flexibility index (Phi) is 5.51. The van der Waals surface area contributed by atoms with Crippen LogP contribution in [0, 0.1) is 0 Å². The zero-order chi connectivity index (χ0) is 17.5. The van der Waals surface area contributed by atoms with Gasteiger partial charge >= 0.3 is 11.9 Å². The average molecular weight is 329 g/mol. The van der Waals surface area contributed by atoms with Crippen molar-refractivity contribution in [3.8, 4) is 11.5 Å². The van der Waals surface area contributed by atoms with Gasteiger partial charge in [-0.25, -0.2) is 0 Å². The lowest BCUT2D eigenvalue weighted by atomic mass is 10.2. The minimum Gasteiger partial charge on any atom is -0.480 e. The summed E-state index contributed by atoms with van der Waals surface area (Å²) in [5.74, 6) is -2.31. The fourth-order valence-electron chi connectivity index (χ4n) is 2.03. The summed E-state index contributed by atoms with van der Waals surface area (Å²) >= 11 is 0. The molecule has 2 aromatic rings. The first-order valence-electron chi connectivity index (χ1n) is 7.01. The van der Waals surface area contributed by atoms with Crippen molar-refractivity contribution < 1.29 is 29.3 Å². The van der Waals surface area contributed by atoms with Crippen molar-refractivity contribution in [2.45, 2.75) is 0 Å². The van der Waals surface area contributed by atoms with Crippen LogP contribution in [0.4, 0.5) is 0 Å². The molecule has 0 bridgehead atoms.